The van der Waals surface area contributed by atoms with Gasteiger partial charge in [0.1, 0.15) is 5.82 Å². The molecule has 1 fully saturated rings. The molecule has 1 aliphatic heterocycles. The second-order valence-corrected chi connectivity index (χ2v) is 6.11. The van der Waals surface area contributed by atoms with Crippen LogP contribution in [0.4, 0.5) is 4.39 Å². The number of hydrogen-bond acceptors (Lipinski definition) is 4. The van der Waals surface area contributed by atoms with Crippen LogP contribution in [0.3, 0.4) is 0 Å². The Morgan fingerprint density at radius 1 is 1.33 bits per heavy atom. The van der Waals surface area contributed by atoms with E-state index in [1.54, 1.807) is 21.8 Å². The van der Waals surface area contributed by atoms with E-state index in [0.29, 0.717) is 25.3 Å². The van der Waals surface area contributed by atoms with Crippen LogP contribution in [0.5, 0.6) is 0 Å². The van der Waals surface area contributed by atoms with Gasteiger partial charge in [0.05, 0.1) is 12.7 Å². The molecule has 0 bridgehead atoms. The molecule has 0 spiro atoms. The Balaban J connectivity index is 0.00000208. The largest absolute Gasteiger partial charge is 0.334 e. The second-order valence-electron chi connectivity index (χ2n) is 6.11. The summed E-state index contributed by atoms with van der Waals surface area (Å²) in [6, 6.07) is 6.81. The molecule has 6 nitrogen and oxygen atoms in total. The topological polar surface area (TPSA) is 63.1 Å². The van der Waals surface area contributed by atoms with Gasteiger partial charge in [-0.2, -0.15) is 0 Å². The Morgan fingerprint density at radius 2 is 2.04 bits per heavy atom. The Hall–Kier alpha value is -1.99. The van der Waals surface area contributed by atoms with Crippen molar-refractivity contribution < 1.29 is 9.18 Å². The minimum atomic E-state index is -0.289. The second kappa shape index (κ2) is 7.72. The summed E-state index contributed by atoms with van der Waals surface area (Å²) in [5.41, 5.74) is 1.10. The fourth-order valence-electron chi connectivity index (χ4n) is 2.95. The monoisotopic (exact) mass is 353 g/mol. The molecule has 1 aromatic heterocycles. The normalized spacial score (nSPS) is 20.5. The van der Waals surface area contributed by atoms with Crippen LogP contribution in [-0.2, 0) is 6.54 Å². The van der Waals surface area contributed by atoms with E-state index in [9.17, 15) is 9.18 Å². The van der Waals surface area contributed by atoms with E-state index in [2.05, 4.69) is 29.5 Å². The first kappa shape index (κ1) is 18.4. The van der Waals surface area contributed by atoms with Crippen LogP contribution >= 0.6 is 12.4 Å². The zero-order chi connectivity index (χ0) is 16.4. The SMILES string of the molecule is CC1CN(C(=O)c2cn(Cc3cccc(F)c3)nn2)CC(C)N1.Cl. The summed E-state index contributed by atoms with van der Waals surface area (Å²) < 4.78 is 14.8. The average Bonchev–Trinajstić information content (AvgIpc) is 2.94. The van der Waals surface area contributed by atoms with Crippen LogP contribution in [0.15, 0.2) is 30.5 Å². The first-order valence-corrected chi connectivity index (χ1v) is 7.71. The van der Waals surface area contributed by atoms with Gasteiger partial charge in [0.2, 0.25) is 0 Å². The molecule has 0 saturated carbocycles. The van der Waals surface area contributed by atoms with Crippen molar-refractivity contribution in [1.82, 2.24) is 25.2 Å². The number of aromatic nitrogens is 3. The van der Waals surface area contributed by atoms with Crippen molar-refractivity contribution in [1.29, 1.82) is 0 Å². The average molecular weight is 354 g/mol. The molecular formula is C16H21ClFN5O. The van der Waals surface area contributed by atoms with Crippen molar-refractivity contribution in [2.24, 2.45) is 0 Å². The van der Waals surface area contributed by atoms with Crippen molar-refractivity contribution in [3.8, 4) is 0 Å². The maximum atomic E-state index is 13.2. The summed E-state index contributed by atoms with van der Waals surface area (Å²) >= 11 is 0. The number of benzene rings is 1. The third kappa shape index (κ3) is 4.30. The molecule has 0 aliphatic carbocycles. The lowest BCUT2D eigenvalue weighted by atomic mass is 10.1. The van der Waals surface area contributed by atoms with Gasteiger partial charge in [-0.25, -0.2) is 9.07 Å². The van der Waals surface area contributed by atoms with E-state index in [0.717, 1.165) is 5.56 Å². The minimum Gasteiger partial charge on any atom is -0.334 e. The molecule has 2 heterocycles. The van der Waals surface area contributed by atoms with Gasteiger partial charge in [-0.3, -0.25) is 4.79 Å². The maximum Gasteiger partial charge on any atom is 0.276 e. The summed E-state index contributed by atoms with van der Waals surface area (Å²) in [5.74, 6) is -0.404. The number of nitrogens with zero attached hydrogens (tertiary/aromatic N) is 4. The van der Waals surface area contributed by atoms with Crippen LogP contribution in [0.1, 0.15) is 29.9 Å². The van der Waals surface area contributed by atoms with Crippen LogP contribution in [-0.4, -0.2) is 51.0 Å². The lowest BCUT2D eigenvalue weighted by Gasteiger charge is -2.35. The van der Waals surface area contributed by atoms with Gasteiger partial charge in [0.25, 0.3) is 5.91 Å². The molecule has 1 aliphatic rings. The van der Waals surface area contributed by atoms with E-state index in [-0.39, 0.29) is 36.2 Å². The third-order valence-corrected chi connectivity index (χ3v) is 3.84. The number of piperazine rings is 1. The fourth-order valence-corrected chi connectivity index (χ4v) is 2.95. The summed E-state index contributed by atoms with van der Waals surface area (Å²) in [4.78, 5) is 14.3. The van der Waals surface area contributed by atoms with E-state index in [4.69, 9.17) is 0 Å². The van der Waals surface area contributed by atoms with Gasteiger partial charge >= 0.3 is 0 Å². The van der Waals surface area contributed by atoms with E-state index in [1.165, 1.54) is 12.1 Å². The molecule has 1 aromatic carbocycles. The van der Waals surface area contributed by atoms with Crippen LogP contribution in [0.2, 0.25) is 0 Å². The highest BCUT2D eigenvalue weighted by Crippen LogP contribution is 2.10. The number of carbonyl (C=O) groups is 1. The first-order chi connectivity index (χ1) is 11.0. The maximum absolute atomic E-state index is 13.2. The minimum absolute atomic E-state index is 0. The molecule has 2 aromatic rings. The Kier molecular flexibility index (Phi) is 5.90. The fraction of sp³-hybridized carbons (Fsp3) is 0.438. The summed E-state index contributed by atoms with van der Waals surface area (Å²) in [6.07, 6.45) is 1.62. The molecule has 1 amide bonds. The van der Waals surface area contributed by atoms with Crippen LogP contribution in [0.25, 0.3) is 0 Å². The van der Waals surface area contributed by atoms with Crippen molar-refractivity contribution in [3.63, 3.8) is 0 Å². The molecule has 1 N–H and O–H groups in total. The number of carbonyl (C=O) groups excluding carboxylic acids is 1. The van der Waals surface area contributed by atoms with E-state index >= 15 is 0 Å². The molecule has 2 atom stereocenters. The molecule has 0 radical (unpaired) electrons. The smallest absolute Gasteiger partial charge is 0.276 e. The Morgan fingerprint density at radius 3 is 2.71 bits per heavy atom. The first-order valence-electron chi connectivity index (χ1n) is 7.71. The van der Waals surface area contributed by atoms with Gasteiger partial charge in [0, 0.05) is 25.2 Å². The Bertz CT molecular complexity index is 697. The van der Waals surface area contributed by atoms with E-state index in [1.807, 2.05) is 6.07 Å². The molecule has 130 valence electrons. The highest BCUT2D eigenvalue weighted by molar-refractivity contribution is 5.92. The molecular weight excluding hydrogens is 333 g/mol. The predicted octanol–water partition coefficient (Wildman–Crippen LogP) is 1.71. The quantitative estimate of drug-likeness (QED) is 0.912. The van der Waals surface area contributed by atoms with E-state index < -0.39 is 0 Å². The number of nitrogens with one attached hydrogen (secondary N) is 1. The van der Waals surface area contributed by atoms with Gasteiger partial charge in [-0.1, -0.05) is 17.3 Å². The molecule has 1 saturated heterocycles. The lowest BCUT2D eigenvalue weighted by molar-refractivity contribution is 0.0667. The van der Waals surface area contributed by atoms with Crippen LogP contribution in [0, 0.1) is 5.82 Å². The Labute approximate surface area is 146 Å². The molecule has 3 rings (SSSR count). The summed E-state index contributed by atoms with van der Waals surface area (Å²) in [6.45, 7) is 5.79. The van der Waals surface area contributed by atoms with Gasteiger partial charge in [0.15, 0.2) is 5.69 Å². The van der Waals surface area contributed by atoms with Crippen LogP contribution < -0.4 is 5.32 Å². The van der Waals surface area contributed by atoms with Crippen molar-refractivity contribution in [2.45, 2.75) is 32.5 Å². The highest BCUT2D eigenvalue weighted by atomic mass is 35.5. The predicted molar refractivity (Wildman–Crippen MR) is 90.7 cm³/mol. The summed E-state index contributed by atoms with van der Waals surface area (Å²) in [7, 11) is 0. The highest BCUT2D eigenvalue weighted by Gasteiger charge is 2.27. The van der Waals surface area contributed by atoms with Crippen molar-refractivity contribution in [2.75, 3.05) is 13.1 Å². The van der Waals surface area contributed by atoms with Crippen molar-refractivity contribution >= 4 is 18.3 Å². The number of halogens is 2. The van der Waals surface area contributed by atoms with Crippen molar-refractivity contribution in [3.05, 3.63) is 47.5 Å². The lowest BCUT2D eigenvalue weighted by Crippen LogP contribution is -2.55. The summed E-state index contributed by atoms with van der Waals surface area (Å²) in [5, 5.41) is 11.3. The molecule has 24 heavy (non-hydrogen) atoms. The third-order valence-electron chi connectivity index (χ3n) is 3.84. The molecule has 8 heteroatoms. The zero-order valence-electron chi connectivity index (χ0n) is 13.6. The van der Waals surface area contributed by atoms with Gasteiger partial charge < -0.3 is 10.2 Å². The standard InChI is InChI=1S/C16H20FN5O.ClH/c1-11-7-21(8-12(2)18-11)16(23)15-10-22(20-19-15)9-13-4-3-5-14(17)6-13;/h3-6,10-12,18H,7-9H2,1-2H3;1H. The number of rotatable bonds is 3. The number of amides is 1. The van der Waals surface area contributed by atoms with Gasteiger partial charge in [-0.15, -0.1) is 17.5 Å². The molecule has 2 unspecified atom stereocenters. The number of hydrogen-bond donors (Lipinski definition) is 1. The van der Waals surface area contributed by atoms with Gasteiger partial charge in [-0.05, 0) is 31.5 Å². The zero-order valence-corrected chi connectivity index (χ0v) is 14.5.